The Labute approximate surface area is 190 Å². The minimum atomic E-state index is -1.05. The molecule has 7 nitrogen and oxygen atoms in total. The normalized spacial score (nSPS) is 11.3. The van der Waals surface area contributed by atoms with E-state index in [-0.39, 0.29) is 17.5 Å². The van der Waals surface area contributed by atoms with Gasteiger partial charge in [0.05, 0.1) is 10.8 Å². The Morgan fingerprint density at radius 1 is 0.844 bits per heavy atom. The smallest absolute Gasteiger partial charge is 0.335 e. The summed E-state index contributed by atoms with van der Waals surface area (Å²) in [5, 5.41) is 17.0. The van der Waals surface area contributed by atoms with Gasteiger partial charge in [-0.15, -0.1) is 11.8 Å². The third kappa shape index (κ3) is 6.36. The lowest BCUT2D eigenvalue weighted by atomic mass is 10.1. The maximum Gasteiger partial charge on any atom is 0.335 e. The van der Waals surface area contributed by atoms with Gasteiger partial charge in [0.25, 0.3) is 0 Å². The topological polar surface area (TPSA) is 108 Å². The van der Waals surface area contributed by atoms with Gasteiger partial charge in [-0.05, 0) is 67.9 Å². The lowest BCUT2D eigenvalue weighted by Gasteiger charge is -2.14. The highest BCUT2D eigenvalue weighted by Crippen LogP contribution is 2.26. The summed E-state index contributed by atoms with van der Waals surface area (Å²) in [6.45, 7) is 3.58. The van der Waals surface area contributed by atoms with Gasteiger partial charge in [0.2, 0.25) is 5.91 Å². The minimum absolute atomic E-state index is 0.116. The minimum Gasteiger partial charge on any atom is -0.478 e. The molecule has 32 heavy (non-hydrogen) atoms. The molecule has 0 fully saturated rings. The van der Waals surface area contributed by atoms with Gasteiger partial charge in [-0.25, -0.2) is 9.59 Å². The van der Waals surface area contributed by atoms with Crippen LogP contribution in [0.1, 0.15) is 22.8 Å². The van der Waals surface area contributed by atoms with E-state index in [1.807, 2.05) is 30.3 Å². The van der Waals surface area contributed by atoms with Crippen molar-refractivity contribution in [1.29, 1.82) is 0 Å². The molecular weight excluding hydrogens is 426 g/mol. The van der Waals surface area contributed by atoms with Crippen molar-refractivity contribution >= 4 is 46.7 Å². The third-order valence-corrected chi connectivity index (χ3v) is 5.68. The molecule has 0 heterocycles. The van der Waals surface area contributed by atoms with E-state index in [1.165, 1.54) is 23.9 Å². The predicted octanol–water partition coefficient (Wildman–Crippen LogP) is 5.46. The Morgan fingerprint density at radius 2 is 1.47 bits per heavy atom. The number of amides is 3. The monoisotopic (exact) mass is 449 g/mol. The van der Waals surface area contributed by atoms with Gasteiger partial charge < -0.3 is 21.1 Å². The molecular formula is C24H23N3O4S. The Bertz CT molecular complexity index is 1120. The number of nitrogens with one attached hydrogen (secondary N) is 3. The lowest BCUT2D eigenvalue weighted by molar-refractivity contribution is -0.115. The van der Waals surface area contributed by atoms with Crippen LogP contribution < -0.4 is 16.0 Å². The van der Waals surface area contributed by atoms with Crippen molar-refractivity contribution < 1.29 is 19.5 Å². The first-order chi connectivity index (χ1) is 15.3. The highest BCUT2D eigenvalue weighted by Gasteiger charge is 2.16. The zero-order chi connectivity index (χ0) is 23.1. The number of carboxylic acids is 1. The van der Waals surface area contributed by atoms with Crippen molar-refractivity contribution in [1.82, 2.24) is 0 Å². The van der Waals surface area contributed by atoms with E-state index in [4.69, 9.17) is 5.11 Å². The van der Waals surface area contributed by atoms with Crippen molar-refractivity contribution in [2.45, 2.75) is 24.0 Å². The summed E-state index contributed by atoms with van der Waals surface area (Å²) in [5.74, 6) is -1.28. The number of para-hydroxylation sites is 1. The van der Waals surface area contributed by atoms with Crippen molar-refractivity contribution in [3.63, 3.8) is 0 Å². The summed E-state index contributed by atoms with van der Waals surface area (Å²) in [6.07, 6.45) is 0. The molecule has 4 N–H and O–H groups in total. The largest absolute Gasteiger partial charge is 0.478 e. The van der Waals surface area contributed by atoms with E-state index in [9.17, 15) is 14.4 Å². The molecule has 0 spiro atoms. The molecule has 0 aliphatic rings. The molecule has 0 saturated heterocycles. The van der Waals surface area contributed by atoms with Crippen LogP contribution in [-0.4, -0.2) is 28.3 Å². The number of carbonyl (C=O) groups excluding carboxylic acids is 2. The van der Waals surface area contributed by atoms with Gasteiger partial charge in [-0.1, -0.05) is 24.3 Å². The molecule has 0 aromatic heterocycles. The lowest BCUT2D eigenvalue weighted by Crippen LogP contribution is -2.23. The van der Waals surface area contributed by atoms with Crippen LogP contribution in [0.15, 0.2) is 77.7 Å². The highest BCUT2D eigenvalue weighted by molar-refractivity contribution is 8.00. The van der Waals surface area contributed by atoms with Gasteiger partial charge in [-0.3, -0.25) is 4.79 Å². The first-order valence-electron chi connectivity index (χ1n) is 9.86. The summed E-state index contributed by atoms with van der Waals surface area (Å²) in [4.78, 5) is 36.7. The van der Waals surface area contributed by atoms with E-state index in [2.05, 4.69) is 16.0 Å². The van der Waals surface area contributed by atoms with E-state index in [0.717, 1.165) is 10.5 Å². The van der Waals surface area contributed by atoms with E-state index < -0.39 is 11.2 Å². The molecule has 0 saturated carbocycles. The Morgan fingerprint density at radius 3 is 2.09 bits per heavy atom. The molecule has 0 aliphatic carbocycles. The number of benzene rings is 3. The number of anilines is 3. The molecule has 8 heteroatoms. The predicted molar refractivity (Wildman–Crippen MR) is 128 cm³/mol. The fourth-order valence-corrected chi connectivity index (χ4v) is 3.68. The van der Waals surface area contributed by atoms with E-state index in [0.29, 0.717) is 17.1 Å². The molecule has 3 aromatic rings. The Kier molecular flexibility index (Phi) is 7.51. The van der Waals surface area contributed by atoms with Crippen molar-refractivity contribution in [3.05, 3.63) is 83.9 Å². The summed E-state index contributed by atoms with van der Waals surface area (Å²) in [6, 6.07) is 20.6. The van der Waals surface area contributed by atoms with E-state index in [1.54, 1.807) is 44.2 Å². The zero-order valence-corrected chi connectivity index (χ0v) is 18.4. The SMILES string of the molecule is Cc1ccc(C(=O)O)cc1NC(=O)C(C)Sc1ccc(NC(=O)Nc2ccccc2)cc1. The Hall–Kier alpha value is -3.78. The number of hydrogen-bond donors (Lipinski definition) is 4. The molecule has 1 unspecified atom stereocenters. The standard InChI is InChI=1S/C24H23N3O4S/c1-15-8-9-17(23(29)30)14-21(15)27-22(28)16(2)32-20-12-10-19(11-13-20)26-24(31)25-18-6-4-3-5-7-18/h3-14,16H,1-2H3,(H,27,28)(H,29,30)(H2,25,26,31). The van der Waals surface area contributed by atoms with Gasteiger partial charge in [0.15, 0.2) is 0 Å². The molecule has 0 radical (unpaired) electrons. The molecule has 0 aliphatic heterocycles. The first kappa shape index (κ1) is 22.9. The maximum absolute atomic E-state index is 12.6. The highest BCUT2D eigenvalue weighted by atomic mass is 32.2. The number of carboxylic acid groups (broad SMARTS) is 1. The van der Waals surface area contributed by atoms with Crippen molar-refractivity contribution in [2.24, 2.45) is 0 Å². The van der Waals surface area contributed by atoms with Crippen LogP contribution in [0.2, 0.25) is 0 Å². The second-order valence-electron chi connectivity index (χ2n) is 7.05. The average molecular weight is 450 g/mol. The number of rotatable bonds is 7. The average Bonchev–Trinajstić information content (AvgIpc) is 2.77. The van der Waals surface area contributed by atoms with Gasteiger partial charge in [0.1, 0.15) is 0 Å². The van der Waals surface area contributed by atoms with E-state index >= 15 is 0 Å². The third-order valence-electron chi connectivity index (χ3n) is 4.57. The number of carbonyl (C=O) groups is 3. The quantitative estimate of drug-likeness (QED) is 0.359. The summed E-state index contributed by atoms with van der Waals surface area (Å²) in [7, 11) is 0. The zero-order valence-electron chi connectivity index (χ0n) is 17.6. The number of aryl methyl sites for hydroxylation is 1. The molecule has 3 amide bonds. The second kappa shape index (κ2) is 10.5. The summed E-state index contributed by atoms with van der Waals surface area (Å²) in [5.41, 5.74) is 2.70. The Balaban J connectivity index is 1.55. The van der Waals surface area contributed by atoms with Crippen LogP contribution >= 0.6 is 11.8 Å². The fourth-order valence-electron chi connectivity index (χ4n) is 2.81. The van der Waals surface area contributed by atoms with Crippen LogP contribution in [0.25, 0.3) is 0 Å². The molecule has 1 atom stereocenters. The number of thioether (sulfide) groups is 1. The van der Waals surface area contributed by atoms with Crippen LogP contribution in [0.3, 0.4) is 0 Å². The van der Waals surface area contributed by atoms with Crippen LogP contribution in [-0.2, 0) is 4.79 Å². The second-order valence-corrected chi connectivity index (χ2v) is 8.47. The molecule has 0 bridgehead atoms. The van der Waals surface area contributed by atoms with Gasteiger partial charge >= 0.3 is 12.0 Å². The summed E-state index contributed by atoms with van der Waals surface area (Å²) < 4.78 is 0. The summed E-state index contributed by atoms with van der Waals surface area (Å²) >= 11 is 1.36. The van der Waals surface area contributed by atoms with Crippen LogP contribution in [0, 0.1) is 6.92 Å². The van der Waals surface area contributed by atoms with Crippen LogP contribution in [0.4, 0.5) is 21.9 Å². The number of aromatic carboxylic acids is 1. The number of hydrogen-bond acceptors (Lipinski definition) is 4. The molecule has 3 aromatic carbocycles. The van der Waals surface area contributed by atoms with Crippen molar-refractivity contribution in [2.75, 3.05) is 16.0 Å². The number of urea groups is 1. The maximum atomic E-state index is 12.6. The van der Waals surface area contributed by atoms with Gasteiger partial charge in [0, 0.05) is 22.0 Å². The molecule has 3 rings (SSSR count). The molecule has 164 valence electrons. The fraction of sp³-hybridized carbons (Fsp3) is 0.125. The van der Waals surface area contributed by atoms with Gasteiger partial charge in [-0.2, -0.15) is 0 Å². The van der Waals surface area contributed by atoms with Crippen molar-refractivity contribution in [3.8, 4) is 0 Å². The van der Waals surface area contributed by atoms with Crippen LogP contribution in [0.5, 0.6) is 0 Å². The first-order valence-corrected chi connectivity index (χ1v) is 10.7.